The van der Waals surface area contributed by atoms with Crippen molar-refractivity contribution in [1.82, 2.24) is 0 Å². The molecule has 6 heteroatoms. The second-order valence-electron chi connectivity index (χ2n) is 5.89. The first kappa shape index (κ1) is 19.8. The van der Waals surface area contributed by atoms with Crippen molar-refractivity contribution in [3.05, 3.63) is 89.6 Å². The van der Waals surface area contributed by atoms with Gasteiger partial charge in [0.25, 0.3) is 0 Å². The Kier molecular flexibility index (Phi) is 6.38. The van der Waals surface area contributed by atoms with Crippen molar-refractivity contribution in [1.29, 1.82) is 0 Å². The third-order valence-electron chi connectivity index (χ3n) is 3.75. The van der Waals surface area contributed by atoms with E-state index in [4.69, 9.17) is 9.47 Å². The van der Waals surface area contributed by atoms with Crippen molar-refractivity contribution in [2.75, 3.05) is 0 Å². The molecule has 0 bridgehead atoms. The molecule has 0 amide bonds. The van der Waals surface area contributed by atoms with Crippen molar-refractivity contribution < 1.29 is 29.3 Å². The number of aliphatic hydroxyl groups is 1. The number of hydrogen-bond acceptors (Lipinski definition) is 6. The molecule has 0 atom stereocenters. The summed E-state index contributed by atoms with van der Waals surface area (Å²) in [5.41, 5.74) is 1.14. The molecule has 1 aromatic rings. The number of aliphatic hydroxyl groups excluding tert-OH is 1. The minimum Gasteiger partial charge on any atom is -0.512 e. The Morgan fingerprint density at radius 3 is 2.26 bits per heavy atom. The number of rotatable bonds is 6. The van der Waals surface area contributed by atoms with E-state index in [2.05, 4.69) is 13.2 Å². The van der Waals surface area contributed by atoms with E-state index >= 15 is 0 Å². The highest BCUT2D eigenvalue weighted by Gasteiger charge is 2.16. The Morgan fingerprint density at radius 2 is 1.67 bits per heavy atom. The Bertz CT molecular complexity index is 868. The lowest BCUT2D eigenvalue weighted by atomic mass is 10.0. The van der Waals surface area contributed by atoms with Gasteiger partial charge >= 0.3 is 11.9 Å². The summed E-state index contributed by atoms with van der Waals surface area (Å²) in [6.45, 7) is 8.96. The predicted molar refractivity (Wildman–Crippen MR) is 99.7 cm³/mol. The van der Waals surface area contributed by atoms with Crippen LogP contribution in [0.5, 0.6) is 5.75 Å². The molecule has 0 saturated heterocycles. The highest BCUT2D eigenvalue weighted by atomic mass is 16.5. The minimum atomic E-state index is -0.630. The van der Waals surface area contributed by atoms with Crippen molar-refractivity contribution in [2.24, 2.45) is 0 Å². The van der Waals surface area contributed by atoms with E-state index in [9.17, 15) is 19.8 Å². The standard InChI is InChI=1S/C21H20O6/c1-13(15(3)27-21(25)17-6-10-19(23)11-7-17)12-14(2)26-20(24)16-4-8-18(22)9-5-16/h4,6-8,10-12,22-23H,2-3,5,9H2,1H3/b13-12-. The Morgan fingerprint density at radius 1 is 1.00 bits per heavy atom. The molecule has 2 rings (SSSR count). The highest BCUT2D eigenvalue weighted by molar-refractivity contribution is 5.91. The number of ether oxygens (including phenoxy) is 2. The second-order valence-corrected chi connectivity index (χ2v) is 5.89. The minimum absolute atomic E-state index is 0.0401. The molecular weight excluding hydrogens is 348 g/mol. The van der Waals surface area contributed by atoms with Crippen molar-refractivity contribution in [3.63, 3.8) is 0 Å². The first-order valence-electron chi connectivity index (χ1n) is 8.15. The number of hydrogen-bond donors (Lipinski definition) is 2. The quantitative estimate of drug-likeness (QED) is 0.443. The van der Waals surface area contributed by atoms with Crippen LogP contribution < -0.4 is 0 Å². The highest BCUT2D eigenvalue weighted by Crippen LogP contribution is 2.20. The van der Waals surface area contributed by atoms with Gasteiger partial charge in [-0.1, -0.05) is 13.2 Å². The topological polar surface area (TPSA) is 93.1 Å². The van der Waals surface area contributed by atoms with Crippen LogP contribution in [0.3, 0.4) is 0 Å². The van der Waals surface area contributed by atoms with Crippen molar-refractivity contribution in [3.8, 4) is 5.75 Å². The number of phenols is 1. The number of allylic oxidation sites excluding steroid dienone is 5. The Labute approximate surface area is 157 Å². The normalized spacial score (nSPS) is 13.9. The molecule has 0 radical (unpaired) electrons. The maximum absolute atomic E-state index is 12.0. The number of aromatic hydroxyl groups is 1. The van der Waals surface area contributed by atoms with Crippen molar-refractivity contribution in [2.45, 2.75) is 19.8 Å². The van der Waals surface area contributed by atoms with Gasteiger partial charge in [-0.25, -0.2) is 9.59 Å². The van der Waals surface area contributed by atoms with E-state index in [1.165, 1.54) is 42.5 Å². The van der Waals surface area contributed by atoms with E-state index < -0.39 is 11.9 Å². The van der Waals surface area contributed by atoms with Crippen LogP contribution in [0.15, 0.2) is 84.1 Å². The first-order chi connectivity index (χ1) is 12.8. The molecule has 6 nitrogen and oxygen atoms in total. The zero-order valence-corrected chi connectivity index (χ0v) is 14.9. The zero-order chi connectivity index (χ0) is 20.0. The molecule has 0 aliphatic heterocycles. The summed E-state index contributed by atoms with van der Waals surface area (Å²) in [4.78, 5) is 24.1. The molecule has 1 aliphatic carbocycles. The second kappa shape index (κ2) is 8.71. The van der Waals surface area contributed by atoms with Gasteiger partial charge in [0, 0.05) is 12.0 Å². The van der Waals surface area contributed by atoms with Gasteiger partial charge in [0.05, 0.1) is 11.3 Å². The maximum Gasteiger partial charge on any atom is 0.343 e. The summed E-state index contributed by atoms with van der Waals surface area (Å²) in [6.07, 6.45) is 5.15. The van der Waals surface area contributed by atoms with Crippen LogP contribution in [0.1, 0.15) is 30.1 Å². The summed E-state index contributed by atoms with van der Waals surface area (Å²) < 4.78 is 10.3. The van der Waals surface area contributed by atoms with Crippen LogP contribution in [-0.4, -0.2) is 22.2 Å². The number of esters is 2. The zero-order valence-electron chi connectivity index (χ0n) is 14.9. The third-order valence-corrected chi connectivity index (χ3v) is 3.75. The van der Waals surface area contributed by atoms with Gasteiger partial charge in [-0.3, -0.25) is 0 Å². The third kappa shape index (κ3) is 5.74. The van der Waals surface area contributed by atoms with E-state index in [1.807, 2.05) is 0 Å². The summed E-state index contributed by atoms with van der Waals surface area (Å²) in [5.74, 6) is -0.783. The van der Waals surface area contributed by atoms with Gasteiger partial charge < -0.3 is 19.7 Å². The van der Waals surface area contributed by atoms with Crippen LogP contribution in [0.2, 0.25) is 0 Å². The first-order valence-corrected chi connectivity index (χ1v) is 8.15. The molecule has 0 unspecified atom stereocenters. The molecule has 0 spiro atoms. The molecule has 27 heavy (non-hydrogen) atoms. The summed E-state index contributed by atoms with van der Waals surface area (Å²) in [6, 6.07) is 5.60. The molecule has 0 heterocycles. The Hall–Kier alpha value is -3.54. The maximum atomic E-state index is 12.0. The molecule has 0 fully saturated rings. The lowest BCUT2D eigenvalue weighted by molar-refractivity contribution is -0.134. The van der Waals surface area contributed by atoms with Gasteiger partial charge in [-0.05, 0) is 61.4 Å². The summed E-state index contributed by atoms with van der Waals surface area (Å²) in [7, 11) is 0. The molecule has 0 aromatic heterocycles. The fraction of sp³-hybridized carbons (Fsp3) is 0.143. The van der Waals surface area contributed by atoms with E-state index in [0.717, 1.165) is 0 Å². The SMILES string of the molecule is C=C(/C=C(/C)C(=C)OC(=O)c1ccc(O)cc1)OC(=O)C1=CC=C(O)CC1. The Balaban J connectivity index is 1.94. The lowest BCUT2D eigenvalue weighted by Gasteiger charge is -2.12. The van der Waals surface area contributed by atoms with Crippen LogP contribution in [0, 0.1) is 0 Å². The summed E-state index contributed by atoms with van der Waals surface area (Å²) in [5, 5.41) is 18.5. The van der Waals surface area contributed by atoms with Crippen LogP contribution >= 0.6 is 0 Å². The molecular formula is C21H20O6. The molecule has 1 aromatic carbocycles. The van der Waals surface area contributed by atoms with E-state index in [0.29, 0.717) is 24.0 Å². The summed E-state index contributed by atoms with van der Waals surface area (Å²) >= 11 is 0. The average molecular weight is 368 g/mol. The van der Waals surface area contributed by atoms with Crippen LogP contribution in [0.25, 0.3) is 0 Å². The van der Waals surface area contributed by atoms with Gasteiger partial charge in [-0.15, -0.1) is 0 Å². The molecule has 2 N–H and O–H groups in total. The number of phenolic OH excluding ortho intramolecular Hbond substituents is 1. The van der Waals surface area contributed by atoms with Gasteiger partial charge in [0.2, 0.25) is 0 Å². The van der Waals surface area contributed by atoms with E-state index in [-0.39, 0.29) is 28.6 Å². The predicted octanol–water partition coefficient (Wildman–Crippen LogP) is 4.23. The van der Waals surface area contributed by atoms with Crippen LogP contribution in [0.4, 0.5) is 0 Å². The molecule has 140 valence electrons. The smallest absolute Gasteiger partial charge is 0.343 e. The number of benzene rings is 1. The average Bonchev–Trinajstić information content (AvgIpc) is 2.62. The van der Waals surface area contributed by atoms with Gasteiger partial charge in [0.1, 0.15) is 17.3 Å². The fourth-order valence-electron chi connectivity index (χ4n) is 2.18. The largest absolute Gasteiger partial charge is 0.512 e. The van der Waals surface area contributed by atoms with Gasteiger partial charge in [-0.2, -0.15) is 0 Å². The monoisotopic (exact) mass is 368 g/mol. The van der Waals surface area contributed by atoms with Crippen molar-refractivity contribution >= 4 is 11.9 Å². The van der Waals surface area contributed by atoms with Crippen LogP contribution in [-0.2, 0) is 14.3 Å². The number of carbonyl (C=O) groups is 2. The molecule has 0 saturated carbocycles. The lowest BCUT2D eigenvalue weighted by Crippen LogP contribution is -2.09. The van der Waals surface area contributed by atoms with E-state index in [1.54, 1.807) is 6.92 Å². The van der Waals surface area contributed by atoms with Gasteiger partial charge in [0.15, 0.2) is 0 Å². The number of carbonyl (C=O) groups excluding carboxylic acids is 2. The fourth-order valence-corrected chi connectivity index (χ4v) is 2.18. The molecule has 1 aliphatic rings.